The summed E-state index contributed by atoms with van der Waals surface area (Å²) in [6.45, 7) is 8.70. The Morgan fingerprint density at radius 1 is 0.282 bits per heavy atom. The average molecular weight is 913 g/mol. The van der Waals surface area contributed by atoms with Crippen LogP contribution in [-0.4, -0.2) is 29.5 Å². The van der Waals surface area contributed by atoms with Crippen LogP contribution in [0.15, 0.2) is 218 Å². The van der Waals surface area contributed by atoms with Gasteiger partial charge in [0.15, 0.2) is 23.3 Å². The quantitative estimate of drug-likeness (QED) is 0.144. The van der Waals surface area contributed by atoms with Crippen molar-refractivity contribution < 1.29 is 0 Å². The Bertz CT molecular complexity index is 3730. The van der Waals surface area contributed by atoms with Crippen molar-refractivity contribution in [1.29, 1.82) is 0 Å². The lowest BCUT2D eigenvalue weighted by molar-refractivity contribution is 1.06. The van der Waals surface area contributed by atoms with Gasteiger partial charge in [-0.05, 0) is 91.4 Å². The minimum atomic E-state index is 0.543. The monoisotopic (exact) mass is 912 g/mol. The standard InChI is InChI=1S/C65H48N6/c1-41-25-30-52(43(3)35-41)49-27-32-54-55-33-28-50(53-31-26-42(2)36-44(53)4)39-61(55)71(60(54)38-49)59-34-29-51(58-40-57(45-17-9-5-10-18-45)66-62(67-58)46-19-11-6-12-20-46)37-56(59)65-69-63(47-21-13-7-14-22-47)68-64(70-65)48-23-15-8-16-24-48/h5-40H,1-4H3. The normalized spacial score (nSPS) is 11.4. The van der Waals surface area contributed by atoms with E-state index >= 15 is 0 Å². The molecule has 0 aliphatic heterocycles. The second-order valence-corrected chi connectivity index (χ2v) is 18.4. The lowest BCUT2D eigenvalue weighted by atomic mass is 9.96. The molecule has 0 bridgehead atoms. The van der Waals surface area contributed by atoms with E-state index in [2.05, 4.69) is 178 Å². The first kappa shape index (κ1) is 43.2. The minimum absolute atomic E-state index is 0.543. The van der Waals surface area contributed by atoms with E-state index in [1.165, 1.54) is 33.4 Å². The number of nitrogens with zero attached hydrogens (tertiary/aromatic N) is 6. The van der Waals surface area contributed by atoms with E-state index in [0.717, 1.165) is 83.4 Å². The predicted octanol–water partition coefficient (Wildman–Crippen LogP) is 16.3. The summed E-state index contributed by atoms with van der Waals surface area (Å²) in [6, 6.07) is 76.7. The molecule has 0 saturated heterocycles. The third-order valence-electron chi connectivity index (χ3n) is 13.5. The van der Waals surface area contributed by atoms with Gasteiger partial charge in [-0.1, -0.05) is 199 Å². The van der Waals surface area contributed by atoms with Gasteiger partial charge in [0, 0.05) is 44.2 Å². The molecule has 3 heterocycles. The van der Waals surface area contributed by atoms with Gasteiger partial charge in [-0.15, -0.1) is 0 Å². The Labute approximate surface area is 413 Å². The fourth-order valence-electron chi connectivity index (χ4n) is 9.95. The highest BCUT2D eigenvalue weighted by molar-refractivity contribution is 6.12. The number of hydrogen-bond donors (Lipinski definition) is 0. The highest BCUT2D eigenvalue weighted by Crippen LogP contribution is 2.42. The molecule has 0 aliphatic carbocycles. The van der Waals surface area contributed by atoms with Crippen LogP contribution in [-0.2, 0) is 0 Å². The highest BCUT2D eigenvalue weighted by atomic mass is 15.1. The molecular formula is C65H48N6. The van der Waals surface area contributed by atoms with Gasteiger partial charge in [0.25, 0.3) is 0 Å². The van der Waals surface area contributed by atoms with Crippen molar-refractivity contribution in [3.63, 3.8) is 0 Å². The lowest BCUT2D eigenvalue weighted by Gasteiger charge is -2.17. The first-order valence-corrected chi connectivity index (χ1v) is 24.1. The fourth-order valence-corrected chi connectivity index (χ4v) is 9.95. The van der Waals surface area contributed by atoms with Gasteiger partial charge in [0.1, 0.15) is 0 Å². The summed E-state index contributed by atoms with van der Waals surface area (Å²) in [5, 5.41) is 2.30. The van der Waals surface area contributed by atoms with Crippen molar-refractivity contribution >= 4 is 21.8 Å². The number of hydrogen-bond acceptors (Lipinski definition) is 5. The van der Waals surface area contributed by atoms with Crippen LogP contribution in [0.5, 0.6) is 0 Å². The van der Waals surface area contributed by atoms with Crippen LogP contribution in [0.2, 0.25) is 0 Å². The van der Waals surface area contributed by atoms with Crippen molar-refractivity contribution in [2.75, 3.05) is 0 Å². The summed E-state index contributed by atoms with van der Waals surface area (Å²) in [5.74, 6) is 2.36. The van der Waals surface area contributed by atoms with E-state index in [4.69, 9.17) is 24.9 Å². The largest absolute Gasteiger partial charge is 0.308 e. The molecule has 6 nitrogen and oxygen atoms in total. The summed E-state index contributed by atoms with van der Waals surface area (Å²) in [4.78, 5) is 26.4. The molecule has 0 radical (unpaired) electrons. The molecule has 0 aliphatic rings. The van der Waals surface area contributed by atoms with E-state index in [1.54, 1.807) is 0 Å². The number of aryl methyl sites for hydroxylation is 4. The van der Waals surface area contributed by atoms with Crippen LogP contribution in [0.4, 0.5) is 0 Å². The van der Waals surface area contributed by atoms with Crippen molar-refractivity contribution in [2.45, 2.75) is 27.7 Å². The Morgan fingerprint density at radius 3 is 1.15 bits per heavy atom. The van der Waals surface area contributed by atoms with Crippen molar-refractivity contribution in [1.82, 2.24) is 29.5 Å². The Kier molecular flexibility index (Phi) is 11.0. The zero-order chi connectivity index (χ0) is 48.0. The van der Waals surface area contributed by atoms with E-state index < -0.39 is 0 Å². The molecular weight excluding hydrogens is 865 g/mol. The summed E-state index contributed by atoms with van der Waals surface area (Å²) in [7, 11) is 0. The maximum absolute atomic E-state index is 5.40. The summed E-state index contributed by atoms with van der Waals surface area (Å²) >= 11 is 0. The molecule has 3 aromatic heterocycles. The molecule has 0 N–H and O–H groups in total. The Morgan fingerprint density at radius 2 is 0.690 bits per heavy atom. The average Bonchev–Trinajstić information content (AvgIpc) is 3.74. The van der Waals surface area contributed by atoms with Gasteiger partial charge < -0.3 is 4.57 Å². The predicted molar refractivity (Wildman–Crippen MR) is 292 cm³/mol. The number of aromatic nitrogens is 6. The Balaban J connectivity index is 1.18. The first-order valence-electron chi connectivity index (χ1n) is 24.1. The number of rotatable bonds is 9. The van der Waals surface area contributed by atoms with Crippen LogP contribution >= 0.6 is 0 Å². The zero-order valence-corrected chi connectivity index (χ0v) is 40.0. The topological polar surface area (TPSA) is 69.4 Å². The number of fused-ring (bicyclic) bond motifs is 3. The maximum atomic E-state index is 5.40. The van der Waals surface area contributed by atoms with E-state index in [9.17, 15) is 0 Å². The Hall–Kier alpha value is -9.13. The summed E-state index contributed by atoms with van der Waals surface area (Å²) in [6.07, 6.45) is 0. The molecule has 0 amide bonds. The molecule has 12 aromatic rings. The second kappa shape index (κ2) is 18.1. The smallest absolute Gasteiger partial charge is 0.166 e. The van der Waals surface area contributed by atoms with E-state index in [0.29, 0.717) is 23.3 Å². The van der Waals surface area contributed by atoms with Crippen LogP contribution in [0.25, 0.3) is 118 Å². The van der Waals surface area contributed by atoms with Gasteiger partial charge in [-0.2, -0.15) is 0 Å². The van der Waals surface area contributed by atoms with Crippen LogP contribution in [0, 0.1) is 27.7 Å². The molecule has 338 valence electrons. The molecule has 71 heavy (non-hydrogen) atoms. The molecule has 9 aromatic carbocycles. The van der Waals surface area contributed by atoms with Gasteiger partial charge in [-0.25, -0.2) is 24.9 Å². The molecule has 0 spiro atoms. The number of benzene rings is 9. The summed E-state index contributed by atoms with van der Waals surface area (Å²) in [5.41, 5.74) is 19.8. The SMILES string of the molecule is Cc1ccc(-c2ccc3c4ccc(-c5ccc(C)cc5C)cc4n(-c4ccc(-c5cc(-c6ccccc6)nc(-c6ccccc6)n5)cc4-c4nc(-c5ccccc5)nc(-c5ccccc5)n4)c3c2)c(C)c1. The summed E-state index contributed by atoms with van der Waals surface area (Å²) < 4.78 is 2.42. The highest BCUT2D eigenvalue weighted by Gasteiger charge is 2.23. The fraction of sp³-hybridized carbons (Fsp3) is 0.0615. The van der Waals surface area contributed by atoms with Gasteiger partial charge >= 0.3 is 0 Å². The van der Waals surface area contributed by atoms with Crippen molar-refractivity contribution in [2.24, 2.45) is 0 Å². The minimum Gasteiger partial charge on any atom is -0.308 e. The van der Waals surface area contributed by atoms with Crippen LogP contribution in [0.1, 0.15) is 22.3 Å². The van der Waals surface area contributed by atoms with Crippen LogP contribution in [0.3, 0.4) is 0 Å². The third-order valence-corrected chi connectivity index (χ3v) is 13.5. The van der Waals surface area contributed by atoms with Crippen molar-refractivity contribution in [3.05, 3.63) is 241 Å². The van der Waals surface area contributed by atoms with Gasteiger partial charge in [0.05, 0.1) is 28.1 Å². The molecule has 0 saturated carbocycles. The van der Waals surface area contributed by atoms with Gasteiger partial charge in [0.2, 0.25) is 0 Å². The van der Waals surface area contributed by atoms with E-state index in [1.807, 2.05) is 72.8 Å². The zero-order valence-electron chi connectivity index (χ0n) is 40.0. The lowest BCUT2D eigenvalue weighted by Crippen LogP contribution is -2.04. The molecule has 0 fully saturated rings. The van der Waals surface area contributed by atoms with Gasteiger partial charge in [-0.3, -0.25) is 0 Å². The van der Waals surface area contributed by atoms with Crippen LogP contribution < -0.4 is 0 Å². The maximum Gasteiger partial charge on any atom is 0.166 e. The molecule has 12 rings (SSSR count). The van der Waals surface area contributed by atoms with E-state index in [-0.39, 0.29) is 0 Å². The molecule has 0 unspecified atom stereocenters. The molecule has 0 atom stereocenters. The first-order chi connectivity index (χ1) is 34.8. The third kappa shape index (κ3) is 8.25. The second-order valence-electron chi connectivity index (χ2n) is 18.4. The molecule has 6 heteroatoms. The van der Waals surface area contributed by atoms with Crippen molar-refractivity contribution in [3.8, 4) is 96.0 Å².